The molecule has 0 amide bonds. The van der Waals surface area contributed by atoms with E-state index < -0.39 is 17.0 Å². The number of rotatable bonds is 6. The largest absolute Gasteiger partial charge is 0.472 e. The Morgan fingerprint density at radius 3 is 2.74 bits per heavy atom. The molecule has 0 aliphatic rings. The second kappa shape index (κ2) is 9.04. The Labute approximate surface area is 184 Å². The maximum atomic E-state index is 12.8. The third-order valence-electron chi connectivity index (χ3n) is 4.31. The number of aryl methyl sites for hydroxylation is 1. The second-order valence-electron chi connectivity index (χ2n) is 6.45. The Morgan fingerprint density at radius 2 is 2.06 bits per heavy atom. The van der Waals surface area contributed by atoms with E-state index in [-0.39, 0.29) is 17.0 Å². The quantitative estimate of drug-likeness (QED) is 0.225. The highest BCUT2D eigenvalue weighted by atomic mass is 79.9. The molecule has 0 aliphatic heterocycles. The molecule has 11 heteroatoms. The lowest BCUT2D eigenvalue weighted by Crippen LogP contribution is -2.25. The normalized spacial score (nSPS) is 12.1. The van der Waals surface area contributed by atoms with Crippen molar-refractivity contribution in [3.8, 4) is 5.75 Å². The van der Waals surface area contributed by atoms with Crippen LogP contribution in [0.3, 0.4) is 0 Å². The van der Waals surface area contributed by atoms with Crippen LogP contribution in [0.15, 0.2) is 50.8 Å². The van der Waals surface area contributed by atoms with Crippen LogP contribution in [0.1, 0.15) is 18.3 Å². The highest BCUT2D eigenvalue weighted by Crippen LogP contribution is 2.28. The van der Waals surface area contributed by atoms with Crippen LogP contribution < -0.4 is 10.3 Å². The van der Waals surface area contributed by atoms with Gasteiger partial charge in [-0.15, -0.1) is 0 Å². The zero-order valence-electron chi connectivity index (χ0n) is 16.7. The van der Waals surface area contributed by atoms with Crippen molar-refractivity contribution in [2.75, 3.05) is 7.11 Å². The lowest BCUT2D eigenvalue weighted by Gasteiger charge is -2.12. The summed E-state index contributed by atoms with van der Waals surface area (Å²) in [5.74, 6) is -0.395. The number of nitrogens with zero attached hydrogens (tertiary/aromatic N) is 4. The summed E-state index contributed by atoms with van der Waals surface area (Å²) in [5.41, 5.74) is 0.158. The summed E-state index contributed by atoms with van der Waals surface area (Å²) in [5, 5.41) is 16.0. The van der Waals surface area contributed by atoms with Gasteiger partial charge in [0.1, 0.15) is 5.82 Å². The molecular formula is C20H17BrN4O6. The Morgan fingerprint density at radius 1 is 1.32 bits per heavy atom. The van der Waals surface area contributed by atoms with Crippen LogP contribution in [-0.4, -0.2) is 40.0 Å². The molecule has 0 fully saturated rings. The van der Waals surface area contributed by atoms with Gasteiger partial charge < -0.3 is 9.47 Å². The number of esters is 1. The number of hydrogen-bond donors (Lipinski definition) is 0. The molecule has 0 N–H and O–H groups in total. The Bertz CT molecular complexity index is 1270. The Hall–Kier alpha value is -3.60. The first-order valence-corrected chi connectivity index (χ1v) is 9.76. The highest BCUT2D eigenvalue weighted by molar-refractivity contribution is 9.10. The SMILES string of the molecule is COC(=O)[C@H](C)Oc1ccc(C=Nn2c(C)nc3ccc(Br)cc3c2=O)cc1[N+](=O)[O-]. The Balaban J connectivity index is 1.97. The molecule has 0 saturated carbocycles. The molecule has 1 aromatic heterocycles. The smallest absolute Gasteiger partial charge is 0.346 e. The van der Waals surface area contributed by atoms with E-state index in [0.29, 0.717) is 22.3 Å². The van der Waals surface area contributed by atoms with E-state index in [1.54, 1.807) is 25.1 Å². The molecule has 3 rings (SSSR count). The van der Waals surface area contributed by atoms with Crippen LogP contribution in [0, 0.1) is 17.0 Å². The lowest BCUT2D eigenvalue weighted by atomic mass is 10.2. The second-order valence-corrected chi connectivity index (χ2v) is 7.37. The maximum Gasteiger partial charge on any atom is 0.346 e. The van der Waals surface area contributed by atoms with Crippen molar-refractivity contribution in [2.45, 2.75) is 20.0 Å². The molecular weight excluding hydrogens is 472 g/mol. The molecule has 1 heterocycles. The first-order chi connectivity index (χ1) is 14.7. The van der Waals surface area contributed by atoms with Gasteiger partial charge in [0.05, 0.1) is 29.2 Å². The fourth-order valence-corrected chi connectivity index (χ4v) is 3.14. The molecule has 3 aromatic rings. The summed E-state index contributed by atoms with van der Waals surface area (Å²) in [6, 6.07) is 9.25. The molecule has 0 aliphatic carbocycles. The number of aromatic nitrogens is 2. The number of nitro groups is 1. The van der Waals surface area contributed by atoms with Gasteiger partial charge in [0.15, 0.2) is 11.9 Å². The molecule has 31 heavy (non-hydrogen) atoms. The predicted octanol–water partition coefficient (Wildman–Crippen LogP) is 3.20. The number of carbonyl (C=O) groups is 1. The van der Waals surface area contributed by atoms with Gasteiger partial charge in [-0.3, -0.25) is 14.9 Å². The molecule has 0 saturated heterocycles. The predicted molar refractivity (Wildman–Crippen MR) is 117 cm³/mol. The maximum absolute atomic E-state index is 12.8. The summed E-state index contributed by atoms with van der Waals surface area (Å²) in [6.07, 6.45) is 0.285. The number of hydrogen-bond acceptors (Lipinski definition) is 8. The van der Waals surface area contributed by atoms with Crippen molar-refractivity contribution in [2.24, 2.45) is 5.10 Å². The first-order valence-electron chi connectivity index (χ1n) is 8.97. The van der Waals surface area contributed by atoms with Crippen LogP contribution in [0.2, 0.25) is 0 Å². The van der Waals surface area contributed by atoms with Crippen molar-refractivity contribution in [1.82, 2.24) is 9.66 Å². The minimum Gasteiger partial charge on any atom is -0.472 e. The summed E-state index contributed by atoms with van der Waals surface area (Å²) in [7, 11) is 1.19. The molecule has 10 nitrogen and oxygen atoms in total. The zero-order chi connectivity index (χ0) is 22.7. The van der Waals surface area contributed by atoms with Gasteiger partial charge in [-0.25, -0.2) is 9.78 Å². The van der Waals surface area contributed by atoms with Gasteiger partial charge >= 0.3 is 11.7 Å². The summed E-state index contributed by atoms with van der Waals surface area (Å²) < 4.78 is 11.7. The number of methoxy groups -OCH3 is 1. The van der Waals surface area contributed by atoms with Crippen LogP contribution in [-0.2, 0) is 9.53 Å². The molecule has 0 bridgehead atoms. The fourth-order valence-electron chi connectivity index (χ4n) is 2.78. The average molecular weight is 489 g/mol. The monoisotopic (exact) mass is 488 g/mol. The van der Waals surface area contributed by atoms with Gasteiger partial charge in [-0.2, -0.15) is 9.78 Å². The molecule has 2 aromatic carbocycles. The summed E-state index contributed by atoms with van der Waals surface area (Å²) in [6.45, 7) is 3.05. The summed E-state index contributed by atoms with van der Waals surface area (Å²) in [4.78, 5) is 39.5. The van der Waals surface area contributed by atoms with Crippen molar-refractivity contribution >= 4 is 44.7 Å². The average Bonchev–Trinajstić information content (AvgIpc) is 2.74. The van der Waals surface area contributed by atoms with Gasteiger partial charge in [0.2, 0.25) is 0 Å². The van der Waals surface area contributed by atoms with Crippen molar-refractivity contribution in [1.29, 1.82) is 0 Å². The van der Waals surface area contributed by atoms with Crippen LogP contribution in [0.25, 0.3) is 10.9 Å². The molecule has 0 spiro atoms. The van der Waals surface area contributed by atoms with Gasteiger partial charge in [0.25, 0.3) is 5.56 Å². The van der Waals surface area contributed by atoms with E-state index >= 15 is 0 Å². The van der Waals surface area contributed by atoms with E-state index in [9.17, 15) is 19.7 Å². The topological polar surface area (TPSA) is 126 Å². The number of fused-ring (bicyclic) bond motifs is 1. The molecule has 1 atom stereocenters. The van der Waals surface area contributed by atoms with Crippen LogP contribution in [0.5, 0.6) is 5.75 Å². The summed E-state index contributed by atoms with van der Waals surface area (Å²) >= 11 is 3.32. The standard InChI is InChI=1S/C20H17BrN4O6/c1-11(20(27)30-3)31-18-7-4-13(8-17(18)25(28)29)10-22-24-12(2)23-16-6-5-14(21)9-15(16)19(24)26/h4-11H,1-3H3/t11-/m0/s1. The third-order valence-corrected chi connectivity index (χ3v) is 4.80. The fraction of sp³-hybridized carbons (Fsp3) is 0.200. The first kappa shape index (κ1) is 22.1. The third kappa shape index (κ3) is 4.77. The van der Waals surface area contributed by atoms with E-state index in [1.807, 2.05) is 0 Å². The van der Waals surface area contributed by atoms with E-state index in [2.05, 4.69) is 30.8 Å². The zero-order valence-corrected chi connectivity index (χ0v) is 18.3. The van der Waals surface area contributed by atoms with Gasteiger partial charge in [-0.1, -0.05) is 15.9 Å². The Kier molecular flexibility index (Phi) is 6.44. The van der Waals surface area contributed by atoms with Crippen molar-refractivity contribution in [3.63, 3.8) is 0 Å². The minimum atomic E-state index is -1.02. The van der Waals surface area contributed by atoms with Crippen LogP contribution in [0.4, 0.5) is 5.69 Å². The number of nitro benzene ring substituents is 1. The number of carbonyl (C=O) groups excluding carboxylic acids is 1. The lowest BCUT2D eigenvalue weighted by molar-refractivity contribution is -0.386. The number of benzene rings is 2. The molecule has 0 unspecified atom stereocenters. The van der Waals surface area contributed by atoms with Crippen molar-refractivity contribution < 1.29 is 19.2 Å². The number of ether oxygens (including phenoxy) is 2. The highest BCUT2D eigenvalue weighted by Gasteiger charge is 2.22. The van der Waals surface area contributed by atoms with Gasteiger partial charge in [-0.05, 0) is 44.2 Å². The molecule has 0 radical (unpaired) electrons. The van der Waals surface area contributed by atoms with Crippen molar-refractivity contribution in [3.05, 3.63) is 72.7 Å². The van der Waals surface area contributed by atoms with E-state index in [1.165, 1.54) is 38.4 Å². The van der Waals surface area contributed by atoms with Gasteiger partial charge in [0, 0.05) is 16.1 Å². The van der Waals surface area contributed by atoms with E-state index in [4.69, 9.17) is 4.74 Å². The molecule has 160 valence electrons. The van der Waals surface area contributed by atoms with Crippen LogP contribution >= 0.6 is 15.9 Å². The number of halogens is 1. The minimum absolute atomic E-state index is 0.0920. The van der Waals surface area contributed by atoms with E-state index in [0.717, 1.165) is 9.15 Å².